The molecular weight excluding hydrogens is 266 g/mol. The zero-order valence-corrected chi connectivity index (χ0v) is 11.5. The Bertz CT molecular complexity index is 534. The molecule has 0 bridgehead atoms. The van der Waals surface area contributed by atoms with E-state index in [-0.39, 0.29) is 24.4 Å². The first-order valence-corrected chi connectivity index (χ1v) is 6.26. The van der Waals surface area contributed by atoms with Gasteiger partial charge in [-0.3, -0.25) is 4.79 Å². The predicted molar refractivity (Wildman–Crippen MR) is 71.0 cm³/mol. The van der Waals surface area contributed by atoms with E-state index in [1.807, 2.05) is 6.07 Å². The van der Waals surface area contributed by atoms with E-state index >= 15 is 0 Å². The van der Waals surface area contributed by atoms with Crippen LogP contribution in [0.4, 0.5) is 0 Å². The van der Waals surface area contributed by atoms with E-state index in [4.69, 9.17) is 21.6 Å². The number of carbonyl (C=O) groups excluding carboxylic acids is 2. The van der Waals surface area contributed by atoms with Crippen LogP contribution in [0.1, 0.15) is 40.7 Å². The van der Waals surface area contributed by atoms with Crippen molar-refractivity contribution in [3.63, 3.8) is 0 Å². The third-order valence-corrected chi connectivity index (χ3v) is 3.07. The molecule has 1 aromatic carbocycles. The normalized spacial score (nSPS) is 11.5. The molecule has 100 valence electrons. The summed E-state index contributed by atoms with van der Waals surface area (Å²) in [5, 5.41) is 7.78. The average molecular weight is 280 g/mol. The molecular formula is C14H14ClNO3. The Hall–Kier alpha value is -1.86. The van der Waals surface area contributed by atoms with Crippen LogP contribution in [0.15, 0.2) is 18.2 Å². The fourth-order valence-corrected chi connectivity index (χ4v) is 1.82. The van der Waals surface area contributed by atoms with Gasteiger partial charge in [0.15, 0.2) is 5.78 Å². The standard InChI is InChI=1S/C14H14ClNO3/c1-3-19-14(18)12-8-10(6-7-16)4-5-11(12)13(15)9(2)17/h4-5,8,13H,3,6H2,1-2H3. The molecule has 0 aliphatic heterocycles. The monoisotopic (exact) mass is 279 g/mol. The Kier molecular flexibility index (Phi) is 5.53. The fourth-order valence-electron chi connectivity index (χ4n) is 1.63. The van der Waals surface area contributed by atoms with Gasteiger partial charge in [0.2, 0.25) is 0 Å². The van der Waals surface area contributed by atoms with Crippen LogP contribution in [0, 0.1) is 11.3 Å². The third kappa shape index (κ3) is 3.80. The van der Waals surface area contributed by atoms with Gasteiger partial charge in [-0.1, -0.05) is 12.1 Å². The molecule has 0 spiro atoms. The summed E-state index contributed by atoms with van der Waals surface area (Å²) in [5.74, 6) is -0.788. The Morgan fingerprint density at radius 1 is 1.47 bits per heavy atom. The first-order chi connectivity index (χ1) is 9.01. The number of carbonyl (C=O) groups is 2. The van der Waals surface area contributed by atoms with Crippen molar-refractivity contribution < 1.29 is 14.3 Å². The number of hydrogen-bond donors (Lipinski definition) is 0. The maximum absolute atomic E-state index is 11.9. The van der Waals surface area contributed by atoms with E-state index in [2.05, 4.69) is 0 Å². The molecule has 0 aliphatic rings. The van der Waals surface area contributed by atoms with Crippen LogP contribution in [-0.4, -0.2) is 18.4 Å². The largest absolute Gasteiger partial charge is 0.462 e. The number of rotatable bonds is 5. The molecule has 0 radical (unpaired) electrons. The second-order valence-electron chi connectivity index (χ2n) is 3.95. The number of halogens is 1. The highest BCUT2D eigenvalue weighted by Crippen LogP contribution is 2.26. The Morgan fingerprint density at radius 2 is 2.16 bits per heavy atom. The molecule has 19 heavy (non-hydrogen) atoms. The topological polar surface area (TPSA) is 67.2 Å². The lowest BCUT2D eigenvalue weighted by molar-refractivity contribution is -0.116. The first kappa shape index (κ1) is 15.2. The fraction of sp³-hybridized carbons (Fsp3) is 0.357. The van der Waals surface area contributed by atoms with Crippen molar-refractivity contribution in [3.05, 3.63) is 34.9 Å². The SMILES string of the molecule is CCOC(=O)c1cc(CC#N)ccc1C(Cl)C(C)=O. The number of Topliss-reactive ketones (excluding diaryl/α,β-unsaturated/α-hetero) is 1. The van der Waals surface area contributed by atoms with Crippen LogP contribution in [0.2, 0.25) is 0 Å². The van der Waals surface area contributed by atoms with Crippen LogP contribution < -0.4 is 0 Å². The van der Waals surface area contributed by atoms with Gasteiger partial charge >= 0.3 is 5.97 Å². The third-order valence-electron chi connectivity index (χ3n) is 2.53. The van der Waals surface area contributed by atoms with E-state index < -0.39 is 11.3 Å². The number of nitriles is 1. The van der Waals surface area contributed by atoms with Gasteiger partial charge < -0.3 is 4.74 Å². The van der Waals surface area contributed by atoms with Crippen molar-refractivity contribution in [3.8, 4) is 6.07 Å². The van der Waals surface area contributed by atoms with Crippen molar-refractivity contribution >= 4 is 23.4 Å². The quantitative estimate of drug-likeness (QED) is 0.614. The number of ketones is 1. The van der Waals surface area contributed by atoms with Gasteiger partial charge in [0.05, 0.1) is 24.7 Å². The molecule has 0 aromatic heterocycles. The molecule has 1 rings (SSSR count). The molecule has 1 aromatic rings. The highest BCUT2D eigenvalue weighted by molar-refractivity contribution is 6.31. The van der Waals surface area contributed by atoms with E-state index in [0.29, 0.717) is 11.1 Å². The van der Waals surface area contributed by atoms with Gasteiger partial charge in [0.25, 0.3) is 0 Å². The molecule has 0 saturated carbocycles. The van der Waals surface area contributed by atoms with E-state index in [1.165, 1.54) is 6.92 Å². The second kappa shape index (κ2) is 6.91. The van der Waals surface area contributed by atoms with Gasteiger partial charge in [-0.15, -0.1) is 11.6 Å². The smallest absolute Gasteiger partial charge is 0.338 e. The number of esters is 1. The Labute approximate surface area is 116 Å². The summed E-state index contributed by atoms with van der Waals surface area (Å²) < 4.78 is 4.94. The zero-order valence-electron chi connectivity index (χ0n) is 10.8. The van der Waals surface area contributed by atoms with Crippen LogP contribution >= 0.6 is 11.6 Å². The maximum Gasteiger partial charge on any atom is 0.338 e. The number of benzene rings is 1. The number of alkyl halides is 1. The van der Waals surface area contributed by atoms with Crippen LogP contribution in [0.3, 0.4) is 0 Å². The molecule has 0 N–H and O–H groups in total. The zero-order chi connectivity index (χ0) is 14.4. The second-order valence-corrected chi connectivity index (χ2v) is 4.39. The molecule has 4 nitrogen and oxygen atoms in total. The minimum absolute atomic E-state index is 0.180. The minimum atomic E-state index is -0.893. The summed E-state index contributed by atoms with van der Waals surface area (Å²) in [5.41, 5.74) is 1.33. The Morgan fingerprint density at radius 3 is 2.68 bits per heavy atom. The summed E-state index contributed by atoms with van der Waals surface area (Å²) in [6.07, 6.45) is 0.180. The molecule has 0 fully saturated rings. The predicted octanol–water partition coefficient (Wildman–Crippen LogP) is 2.80. The number of ether oxygens (including phenoxy) is 1. The van der Waals surface area contributed by atoms with Crippen molar-refractivity contribution in [2.24, 2.45) is 0 Å². The lowest BCUT2D eigenvalue weighted by Crippen LogP contribution is -2.12. The summed E-state index contributed by atoms with van der Waals surface area (Å²) in [7, 11) is 0. The van der Waals surface area contributed by atoms with Crippen LogP contribution in [0.5, 0.6) is 0 Å². The Balaban J connectivity index is 3.26. The summed E-state index contributed by atoms with van der Waals surface area (Å²) in [6, 6.07) is 6.83. The minimum Gasteiger partial charge on any atom is -0.462 e. The molecule has 0 heterocycles. The van der Waals surface area contributed by atoms with E-state index in [0.717, 1.165) is 0 Å². The summed E-state index contributed by atoms with van der Waals surface area (Å²) >= 11 is 6.00. The molecule has 0 saturated heterocycles. The summed E-state index contributed by atoms with van der Waals surface area (Å²) in [4.78, 5) is 23.2. The van der Waals surface area contributed by atoms with Crippen molar-refractivity contribution in [2.75, 3.05) is 6.61 Å². The van der Waals surface area contributed by atoms with Gasteiger partial charge in [-0.2, -0.15) is 5.26 Å². The molecule has 1 atom stereocenters. The van der Waals surface area contributed by atoms with Gasteiger partial charge in [0, 0.05) is 0 Å². The highest BCUT2D eigenvalue weighted by Gasteiger charge is 2.22. The molecule has 5 heteroatoms. The number of nitrogens with zero attached hydrogens (tertiary/aromatic N) is 1. The average Bonchev–Trinajstić information content (AvgIpc) is 2.38. The molecule has 1 unspecified atom stereocenters. The maximum atomic E-state index is 11.9. The molecule has 0 aliphatic carbocycles. The number of hydrogen-bond acceptors (Lipinski definition) is 4. The van der Waals surface area contributed by atoms with E-state index in [1.54, 1.807) is 25.1 Å². The van der Waals surface area contributed by atoms with Gasteiger partial charge in [-0.25, -0.2) is 4.79 Å². The summed E-state index contributed by atoms with van der Waals surface area (Å²) in [6.45, 7) is 3.28. The lowest BCUT2D eigenvalue weighted by Gasteiger charge is -2.13. The van der Waals surface area contributed by atoms with Gasteiger partial charge in [-0.05, 0) is 31.0 Å². The van der Waals surface area contributed by atoms with Crippen molar-refractivity contribution in [1.29, 1.82) is 5.26 Å². The highest BCUT2D eigenvalue weighted by atomic mass is 35.5. The van der Waals surface area contributed by atoms with Crippen LogP contribution in [0.25, 0.3) is 0 Å². The van der Waals surface area contributed by atoms with Crippen molar-refractivity contribution in [1.82, 2.24) is 0 Å². The van der Waals surface area contributed by atoms with Crippen molar-refractivity contribution in [2.45, 2.75) is 25.6 Å². The van der Waals surface area contributed by atoms with E-state index in [9.17, 15) is 9.59 Å². The van der Waals surface area contributed by atoms with Gasteiger partial charge in [0.1, 0.15) is 5.38 Å². The first-order valence-electron chi connectivity index (χ1n) is 5.82. The lowest BCUT2D eigenvalue weighted by atomic mass is 9.98. The molecule has 0 amide bonds. The van der Waals surface area contributed by atoms with Crippen LogP contribution in [-0.2, 0) is 16.0 Å².